The van der Waals surface area contributed by atoms with Crippen molar-refractivity contribution in [3.63, 3.8) is 0 Å². The van der Waals surface area contributed by atoms with Gasteiger partial charge < -0.3 is 14.2 Å². The highest BCUT2D eigenvalue weighted by molar-refractivity contribution is 5.91. The fourth-order valence-corrected chi connectivity index (χ4v) is 3.55. The first-order valence-corrected chi connectivity index (χ1v) is 9.59. The molecule has 8 heteroatoms. The van der Waals surface area contributed by atoms with Crippen molar-refractivity contribution in [1.29, 1.82) is 0 Å². The molecule has 1 unspecified atom stereocenters. The van der Waals surface area contributed by atoms with Crippen LogP contribution in [0.4, 0.5) is 4.39 Å². The van der Waals surface area contributed by atoms with Gasteiger partial charge in [0.05, 0.1) is 6.04 Å². The standard InChI is InChI=1S/C21H22FN5O2/c1-14-13-18(29-17-9-4-3-7-15(17)22)25-19(24-14)16-8-5-6-11-27(16)21(28)20-23-10-12-26(20)2/h3-4,7,9-10,12-13,16H,5-6,8,11H2,1-2H3. The van der Waals surface area contributed by atoms with Crippen LogP contribution in [0.25, 0.3) is 0 Å². The molecule has 29 heavy (non-hydrogen) atoms. The van der Waals surface area contributed by atoms with E-state index in [-0.39, 0.29) is 23.6 Å². The zero-order chi connectivity index (χ0) is 20.4. The van der Waals surface area contributed by atoms with Crippen molar-refractivity contribution < 1.29 is 13.9 Å². The number of halogens is 1. The quantitative estimate of drug-likeness (QED) is 0.672. The largest absolute Gasteiger partial charge is 0.436 e. The molecule has 0 spiro atoms. The number of aryl methyl sites for hydroxylation is 2. The first kappa shape index (κ1) is 19.0. The van der Waals surface area contributed by atoms with Crippen LogP contribution in [0.15, 0.2) is 42.7 Å². The highest BCUT2D eigenvalue weighted by atomic mass is 19.1. The molecule has 1 aliphatic heterocycles. The van der Waals surface area contributed by atoms with Gasteiger partial charge in [-0.25, -0.2) is 14.4 Å². The van der Waals surface area contributed by atoms with Crippen LogP contribution < -0.4 is 4.74 Å². The second-order valence-corrected chi connectivity index (χ2v) is 7.11. The number of carbonyl (C=O) groups excluding carboxylic acids is 1. The van der Waals surface area contributed by atoms with Crippen LogP contribution in [0.1, 0.15) is 47.4 Å². The maximum Gasteiger partial charge on any atom is 0.290 e. The molecule has 0 bridgehead atoms. The molecule has 3 heterocycles. The minimum Gasteiger partial charge on any atom is -0.436 e. The predicted molar refractivity (Wildman–Crippen MR) is 104 cm³/mol. The molecule has 0 saturated carbocycles. The number of rotatable bonds is 4. The number of ether oxygens (including phenoxy) is 1. The van der Waals surface area contributed by atoms with Crippen LogP contribution in [0, 0.1) is 12.7 Å². The number of nitrogens with zero attached hydrogens (tertiary/aromatic N) is 5. The van der Waals surface area contributed by atoms with Gasteiger partial charge in [-0.05, 0) is 38.3 Å². The maximum absolute atomic E-state index is 14.0. The Morgan fingerprint density at radius 2 is 2.07 bits per heavy atom. The zero-order valence-electron chi connectivity index (χ0n) is 16.4. The van der Waals surface area contributed by atoms with Crippen molar-refractivity contribution in [1.82, 2.24) is 24.4 Å². The number of benzene rings is 1. The van der Waals surface area contributed by atoms with Crippen molar-refractivity contribution in [2.24, 2.45) is 7.05 Å². The third kappa shape index (κ3) is 3.96. The van der Waals surface area contributed by atoms with Crippen LogP contribution >= 0.6 is 0 Å². The molecule has 1 aromatic carbocycles. The maximum atomic E-state index is 14.0. The van der Waals surface area contributed by atoms with Crippen LogP contribution in [-0.2, 0) is 7.05 Å². The van der Waals surface area contributed by atoms with Crippen LogP contribution in [0.3, 0.4) is 0 Å². The summed E-state index contributed by atoms with van der Waals surface area (Å²) in [5.74, 6) is 0.623. The normalized spacial score (nSPS) is 16.7. The molecule has 1 aliphatic rings. The van der Waals surface area contributed by atoms with E-state index in [4.69, 9.17) is 4.74 Å². The average molecular weight is 395 g/mol. The van der Waals surface area contributed by atoms with Gasteiger partial charge in [-0.1, -0.05) is 12.1 Å². The summed E-state index contributed by atoms with van der Waals surface area (Å²) < 4.78 is 21.3. The predicted octanol–water partition coefficient (Wildman–Crippen LogP) is 3.82. The van der Waals surface area contributed by atoms with Gasteiger partial charge in [-0.2, -0.15) is 4.98 Å². The Hall–Kier alpha value is -3.29. The molecule has 3 aromatic rings. The van der Waals surface area contributed by atoms with Crippen LogP contribution in [-0.4, -0.2) is 36.9 Å². The summed E-state index contributed by atoms with van der Waals surface area (Å²) in [6, 6.07) is 7.55. The summed E-state index contributed by atoms with van der Waals surface area (Å²) >= 11 is 0. The number of hydrogen-bond acceptors (Lipinski definition) is 5. The number of carbonyl (C=O) groups is 1. The molecule has 0 radical (unpaired) electrons. The van der Waals surface area contributed by atoms with Crippen molar-refractivity contribution in [2.45, 2.75) is 32.2 Å². The second-order valence-electron chi connectivity index (χ2n) is 7.11. The molecule has 1 fully saturated rings. The fourth-order valence-electron chi connectivity index (χ4n) is 3.55. The summed E-state index contributed by atoms with van der Waals surface area (Å²) in [5.41, 5.74) is 0.691. The van der Waals surface area contributed by atoms with Crippen molar-refractivity contribution in [3.8, 4) is 11.6 Å². The number of para-hydroxylation sites is 1. The topological polar surface area (TPSA) is 73.1 Å². The minimum absolute atomic E-state index is 0.0983. The minimum atomic E-state index is -0.463. The molecule has 2 aromatic heterocycles. The van der Waals surface area contributed by atoms with Gasteiger partial charge in [0.15, 0.2) is 23.2 Å². The van der Waals surface area contributed by atoms with E-state index in [0.717, 1.165) is 19.3 Å². The molecule has 0 aliphatic carbocycles. The van der Waals surface area contributed by atoms with Crippen molar-refractivity contribution in [3.05, 3.63) is 65.9 Å². The fraction of sp³-hybridized carbons (Fsp3) is 0.333. The number of aromatic nitrogens is 4. The summed E-state index contributed by atoms with van der Waals surface area (Å²) in [7, 11) is 1.79. The number of amides is 1. The summed E-state index contributed by atoms with van der Waals surface area (Å²) in [5, 5.41) is 0. The van der Waals surface area contributed by atoms with E-state index in [1.54, 1.807) is 53.2 Å². The monoisotopic (exact) mass is 395 g/mol. The third-order valence-corrected chi connectivity index (χ3v) is 4.97. The van der Waals surface area contributed by atoms with Gasteiger partial charge in [-0.3, -0.25) is 4.79 Å². The molecule has 0 N–H and O–H groups in total. The molecular weight excluding hydrogens is 373 g/mol. The van der Waals surface area contributed by atoms with E-state index in [1.807, 2.05) is 6.92 Å². The van der Waals surface area contributed by atoms with E-state index < -0.39 is 5.82 Å². The molecule has 4 rings (SSSR count). The van der Waals surface area contributed by atoms with Crippen molar-refractivity contribution in [2.75, 3.05) is 6.54 Å². The van der Waals surface area contributed by atoms with Gasteiger partial charge in [-0.15, -0.1) is 0 Å². The van der Waals surface area contributed by atoms with Crippen LogP contribution in [0.5, 0.6) is 11.6 Å². The SMILES string of the molecule is Cc1cc(Oc2ccccc2F)nc(C2CCCCN2C(=O)c2nccn2C)n1. The molecule has 1 atom stereocenters. The Morgan fingerprint density at radius 3 is 2.83 bits per heavy atom. The van der Waals surface area contributed by atoms with Gasteiger partial charge in [0.1, 0.15) is 0 Å². The molecule has 1 amide bonds. The van der Waals surface area contributed by atoms with E-state index in [2.05, 4.69) is 15.0 Å². The van der Waals surface area contributed by atoms with Gasteiger partial charge in [0.2, 0.25) is 5.88 Å². The Labute approximate surface area is 168 Å². The Morgan fingerprint density at radius 1 is 1.24 bits per heavy atom. The Kier molecular flexibility index (Phi) is 5.24. The Bertz CT molecular complexity index is 1040. The number of piperidine rings is 1. The van der Waals surface area contributed by atoms with E-state index in [1.165, 1.54) is 6.07 Å². The van der Waals surface area contributed by atoms with Crippen molar-refractivity contribution >= 4 is 5.91 Å². The number of imidazole rings is 1. The smallest absolute Gasteiger partial charge is 0.290 e. The molecular formula is C21H22FN5O2. The van der Waals surface area contributed by atoms with E-state index >= 15 is 0 Å². The van der Waals surface area contributed by atoms with Crippen LogP contribution in [0.2, 0.25) is 0 Å². The highest BCUT2D eigenvalue weighted by Gasteiger charge is 2.32. The molecule has 7 nitrogen and oxygen atoms in total. The second kappa shape index (κ2) is 7.98. The summed E-state index contributed by atoms with van der Waals surface area (Å²) in [6.07, 6.45) is 5.98. The first-order chi connectivity index (χ1) is 14.0. The Balaban J connectivity index is 1.65. The first-order valence-electron chi connectivity index (χ1n) is 9.59. The summed E-state index contributed by atoms with van der Waals surface area (Å²) in [6.45, 7) is 2.43. The lowest BCUT2D eigenvalue weighted by atomic mass is 10.0. The lowest BCUT2D eigenvalue weighted by Crippen LogP contribution is -2.40. The van der Waals surface area contributed by atoms with E-state index in [9.17, 15) is 9.18 Å². The number of likely N-dealkylation sites (tertiary alicyclic amines) is 1. The molecule has 1 saturated heterocycles. The van der Waals surface area contributed by atoms with Gasteiger partial charge in [0.25, 0.3) is 5.91 Å². The lowest BCUT2D eigenvalue weighted by Gasteiger charge is -2.34. The highest BCUT2D eigenvalue weighted by Crippen LogP contribution is 2.32. The average Bonchev–Trinajstić information content (AvgIpc) is 3.15. The zero-order valence-corrected chi connectivity index (χ0v) is 16.4. The van der Waals surface area contributed by atoms with Gasteiger partial charge in [0, 0.05) is 37.7 Å². The van der Waals surface area contributed by atoms with E-state index in [0.29, 0.717) is 23.9 Å². The lowest BCUT2D eigenvalue weighted by molar-refractivity contribution is 0.0582. The third-order valence-electron chi connectivity index (χ3n) is 4.97. The molecule has 150 valence electrons. The summed E-state index contributed by atoms with van der Waals surface area (Å²) in [4.78, 5) is 28.1. The number of hydrogen-bond donors (Lipinski definition) is 0. The van der Waals surface area contributed by atoms with Gasteiger partial charge >= 0.3 is 0 Å².